The molecule has 0 aliphatic heterocycles. The highest BCUT2D eigenvalue weighted by Gasteiger charge is 2.46. The lowest BCUT2D eigenvalue weighted by Crippen LogP contribution is -2.52. The summed E-state index contributed by atoms with van der Waals surface area (Å²) in [5.41, 5.74) is 12.3. The number of fused-ring (bicyclic) bond motifs is 1. The molecule has 3 unspecified atom stereocenters. The van der Waals surface area contributed by atoms with Crippen molar-refractivity contribution in [2.45, 2.75) is 62.8 Å². The molecule has 0 spiro atoms. The van der Waals surface area contributed by atoms with Crippen LogP contribution < -0.4 is 22.1 Å². The molecule has 2 aromatic carbocycles. The van der Waals surface area contributed by atoms with E-state index in [4.69, 9.17) is 21.3 Å². The zero-order valence-electron chi connectivity index (χ0n) is 20.6. The van der Waals surface area contributed by atoms with E-state index in [2.05, 4.69) is 10.6 Å². The van der Waals surface area contributed by atoms with Crippen LogP contribution in [-0.4, -0.2) is 46.5 Å². The van der Waals surface area contributed by atoms with Gasteiger partial charge in [-0.3, -0.25) is 14.3 Å². The van der Waals surface area contributed by atoms with E-state index >= 15 is 0 Å². The summed E-state index contributed by atoms with van der Waals surface area (Å²) in [5, 5.41) is 12.0. The Morgan fingerprint density at radius 1 is 1.14 bits per heavy atom. The first kappa shape index (κ1) is 25.7. The largest absolute Gasteiger partial charge is 0.437 e. The van der Waals surface area contributed by atoms with E-state index in [0.717, 1.165) is 35.9 Å². The minimum absolute atomic E-state index is 0.0418. The Balaban J connectivity index is 1.53. The van der Waals surface area contributed by atoms with Crippen molar-refractivity contribution in [2.75, 3.05) is 18.4 Å². The monoisotopic (exact) mass is 492 g/mol. The lowest BCUT2D eigenvalue weighted by molar-refractivity contribution is -0.165. The highest BCUT2D eigenvalue weighted by atomic mass is 16.6. The highest BCUT2D eigenvalue weighted by Crippen LogP contribution is 2.42. The van der Waals surface area contributed by atoms with Crippen LogP contribution in [0.2, 0.25) is 0 Å². The molecule has 1 aliphatic carbocycles. The number of benzene rings is 2. The summed E-state index contributed by atoms with van der Waals surface area (Å²) in [4.78, 5) is 25.3. The highest BCUT2D eigenvalue weighted by molar-refractivity contribution is 5.82. The summed E-state index contributed by atoms with van der Waals surface area (Å²) in [6, 6.07) is 17.0. The maximum atomic E-state index is 13.1. The van der Waals surface area contributed by atoms with Gasteiger partial charge in [0.25, 0.3) is 0 Å². The lowest BCUT2D eigenvalue weighted by atomic mass is 9.86. The third-order valence-corrected chi connectivity index (χ3v) is 6.72. The first-order valence-electron chi connectivity index (χ1n) is 12.7. The number of nitrogens with zero attached hydrogens (tertiary/aromatic N) is 2. The van der Waals surface area contributed by atoms with Crippen molar-refractivity contribution in [2.24, 2.45) is 11.5 Å². The Hall–Kier alpha value is -3.43. The van der Waals surface area contributed by atoms with Gasteiger partial charge in [0.15, 0.2) is 0 Å². The zero-order chi connectivity index (χ0) is 25.4. The molecule has 0 bridgehead atoms. The number of anilines is 1. The summed E-state index contributed by atoms with van der Waals surface area (Å²) in [7, 11) is 0. The summed E-state index contributed by atoms with van der Waals surface area (Å²) < 4.78 is 8.25. The SMILES string of the molecule is NCCCC(N)C(=O)NCCC(=O)OC1(Nc2ccccc2)CCCCC1n1ncc2ccccc21. The van der Waals surface area contributed by atoms with Gasteiger partial charge in [-0.05, 0) is 50.4 Å². The Labute approximate surface area is 211 Å². The van der Waals surface area contributed by atoms with Crippen molar-refractivity contribution in [1.29, 1.82) is 0 Å². The quantitative estimate of drug-likeness (QED) is 0.238. The molecule has 3 aromatic rings. The van der Waals surface area contributed by atoms with Crippen LogP contribution in [0, 0.1) is 0 Å². The summed E-state index contributed by atoms with van der Waals surface area (Å²) >= 11 is 0. The van der Waals surface area contributed by atoms with E-state index in [1.54, 1.807) is 0 Å². The van der Waals surface area contributed by atoms with E-state index in [1.165, 1.54) is 0 Å². The number of nitrogens with two attached hydrogens (primary N) is 2. The van der Waals surface area contributed by atoms with E-state index in [9.17, 15) is 9.59 Å². The van der Waals surface area contributed by atoms with Crippen LogP contribution in [0.5, 0.6) is 0 Å². The fourth-order valence-corrected chi connectivity index (χ4v) is 4.88. The molecule has 1 aromatic heterocycles. The second-order valence-corrected chi connectivity index (χ2v) is 9.34. The Bertz CT molecular complexity index is 1150. The van der Waals surface area contributed by atoms with E-state index in [-0.39, 0.29) is 24.9 Å². The zero-order valence-corrected chi connectivity index (χ0v) is 20.6. The Morgan fingerprint density at radius 3 is 2.72 bits per heavy atom. The van der Waals surface area contributed by atoms with Crippen molar-refractivity contribution >= 4 is 28.5 Å². The fraction of sp³-hybridized carbons (Fsp3) is 0.444. The molecule has 4 rings (SSSR count). The van der Waals surface area contributed by atoms with Gasteiger partial charge in [-0.15, -0.1) is 0 Å². The number of aromatic nitrogens is 2. The molecule has 0 radical (unpaired) electrons. The van der Waals surface area contributed by atoms with Crippen molar-refractivity contribution in [3.63, 3.8) is 0 Å². The molecule has 36 heavy (non-hydrogen) atoms. The second-order valence-electron chi connectivity index (χ2n) is 9.34. The first-order valence-corrected chi connectivity index (χ1v) is 12.7. The van der Waals surface area contributed by atoms with Crippen molar-refractivity contribution in [3.05, 3.63) is 60.8 Å². The van der Waals surface area contributed by atoms with Gasteiger partial charge in [-0.1, -0.05) is 42.8 Å². The number of ether oxygens (including phenoxy) is 1. The maximum absolute atomic E-state index is 13.1. The summed E-state index contributed by atoms with van der Waals surface area (Å²) in [5.74, 6) is -0.676. The third-order valence-electron chi connectivity index (χ3n) is 6.72. The van der Waals surface area contributed by atoms with E-state index in [0.29, 0.717) is 25.8 Å². The standard InChI is InChI=1S/C27H36N6O3/c28-17-8-12-22(29)26(35)30-18-15-25(34)36-27(32-21-10-2-1-3-11-21)16-7-6-14-24(27)33-23-13-5-4-9-20(23)19-31-33/h1-5,9-11,13,19,22,24,32H,6-8,12,14-18,28-29H2,(H,30,35). The molecule has 192 valence electrons. The molecule has 9 nitrogen and oxygen atoms in total. The van der Waals surface area contributed by atoms with Crippen LogP contribution in [0.3, 0.4) is 0 Å². The van der Waals surface area contributed by atoms with Gasteiger partial charge in [0.05, 0.1) is 24.2 Å². The van der Waals surface area contributed by atoms with Crippen LogP contribution >= 0.6 is 0 Å². The van der Waals surface area contributed by atoms with Crippen molar-refractivity contribution in [3.8, 4) is 0 Å². The van der Waals surface area contributed by atoms with E-state index < -0.39 is 17.7 Å². The number of para-hydroxylation sites is 2. The molecular formula is C27H36N6O3. The van der Waals surface area contributed by atoms with Gasteiger partial charge in [0.2, 0.25) is 11.6 Å². The van der Waals surface area contributed by atoms with Crippen LogP contribution in [0.1, 0.15) is 51.0 Å². The predicted octanol–water partition coefficient (Wildman–Crippen LogP) is 3.08. The van der Waals surface area contributed by atoms with Crippen LogP contribution in [0.25, 0.3) is 10.9 Å². The predicted molar refractivity (Wildman–Crippen MR) is 140 cm³/mol. The molecule has 1 aliphatic rings. The minimum Gasteiger partial charge on any atom is -0.437 e. The molecule has 1 fully saturated rings. The number of hydrogen-bond donors (Lipinski definition) is 4. The topological polar surface area (TPSA) is 137 Å². The number of esters is 1. The molecule has 1 heterocycles. The lowest BCUT2D eigenvalue weighted by Gasteiger charge is -2.44. The number of carbonyl (C=O) groups excluding carboxylic acids is 2. The molecule has 9 heteroatoms. The van der Waals surface area contributed by atoms with Crippen LogP contribution in [0.15, 0.2) is 60.8 Å². The normalized spacial score (nSPS) is 20.6. The van der Waals surface area contributed by atoms with Gasteiger partial charge in [0.1, 0.15) is 6.04 Å². The van der Waals surface area contributed by atoms with Gasteiger partial charge >= 0.3 is 5.97 Å². The maximum Gasteiger partial charge on any atom is 0.309 e. The first-order chi connectivity index (χ1) is 17.5. The number of amides is 1. The number of rotatable bonds is 11. The Kier molecular flexibility index (Phi) is 8.56. The van der Waals surface area contributed by atoms with Crippen molar-refractivity contribution in [1.82, 2.24) is 15.1 Å². The number of hydrogen-bond acceptors (Lipinski definition) is 7. The summed E-state index contributed by atoms with van der Waals surface area (Å²) in [6.07, 6.45) is 6.45. The van der Waals surface area contributed by atoms with Crippen molar-refractivity contribution < 1.29 is 14.3 Å². The second kappa shape index (κ2) is 12.0. The Morgan fingerprint density at radius 2 is 1.92 bits per heavy atom. The fourth-order valence-electron chi connectivity index (χ4n) is 4.88. The van der Waals surface area contributed by atoms with Gasteiger partial charge in [0, 0.05) is 24.0 Å². The number of carbonyl (C=O) groups is 2. The molecule has 1 amide bonds. The van der Waals surface area contributed by atoms with Gasteiger partial charge in [-0.25, -0.2) is 0 Å². The molecule has 6 N–H and O–H groups in total. The molecule has 0 saturated heterocycles. The van der Waals surface area contributed by atoms with Gasteiger partial charge < -0.3 is 26.8 Å². The third kappa shape index (κ3) is 6.03. The average molecular weight is 493 g/mol. The molecule has 3 atom stereocenters. The summed E-state index contributed by atoms with van der Waals surface area (Å²) in [6.45, 7) is 0.640. The number of nitrogens with one attached hydrogen (secondary N) is 2. The van der Waals surface area contributed by atoms with Gasteiger partial charge in [-0.2, -0.15) is 5.10 Å². The smallest absolute Gasteiger partial charge is 0.309 e. The minimum atomic E-state index is -0.979. The average Bonchev–Trinajstić information content (AvgIpc) is 3.32. The molecule has 1 saturated carbocycles. The van der Waals surface area contributed by atoms with E-state index in [1.807, 2.05) is 65.5 Å². The molecular weight excluding hydrogens is 456 g/mol. The van der Waals surface area contributed by atoms with Crippen LogP contribution in [-0.2, 0) is 14.3 Å². The van der Waals surface area contributed by atoms with Crippen LogP contribution in [0.4, 0.5) is 5.69 Å².